The van der Waals surface area contributed by atoms with Crippen LogP contribution in [-0.4, -0.2) is 60.4 Å². The van der Waals surface area contributed by atoms with Crippen LogP contribution in [0.5, 0.6) is 0 Å². The number of rotatable bonds is 4. The van der Waals surface area contributed by atoms with Crippen LogP contribution in [0.15, 0.2) is 18.2 Å². The molecule has 0 unspecified atom stereocenters. The average Bonchev–Trinajstić information content (AvgIpc) is 3.29. The van der Waals surface area contributed by atoms with Crippen LogP contribution in [0, 0.1) is 17.6 Å². The molecule has 7 heteroatoms. The lowest BCUT2D eigenvalue weighted by atomic mass is 10.0. The summed E-state index contributed by atoms with van der Waals surface area (Å²) in [6.07, 6.45) is 1.67. The molecule has 4 rings (SSSR count). The largest absolute Gasteiger partial charge is 0.389 e. The molecule has 26 heavy (non-hydrogen) atoms. The van der Waals surface area contributed by atoms with Crippen molar-refractivity contribution in [2.45, 2.75) is 43.4 Å². The van der Waals surface area contributed by atoms with E-state index in [9.17, 15) is 18.7 Å². The molecule has 2 N–H and O–H groups in total. The highest BCUT2D eigenvalue weighted by Crippen LogP contribution is 2.49. The second-order valence-corrected chi connectivity index (χ2v) is 7.58. The zero-order chi connectivity index (χ0) is 18.3. The Kier molecular flexibility index (Phi) is 4.94. The van der Waals surface area contributed by atoms with Gasteiger partial charge in [-0.3, -0.25) is 9.69 Å². The number of piperidine rings is 1. The molecule has 0 radical (unpaired) electrons. The van der Waals surface area contributed by atoms with Gasteiger partial charge in [0.25, 0.3) is 0 Å². The monoisotopic (exact) mass is 366 g/mol. The van der Waals surface area contributed by atoms with Crippen LogP contribution in [0.4, 0.5) is 8.78 Å². The van der Waals surface area contributed by atoms with Crippen molar-refractivity contribution < 1.29 is 23.4 Å². The van der Waals surface area contributed by atoms with Crippen LogP contribution >= 0.6 is 0 Å². The first-order valence-electron chi connectivity index (χ1n) is 9.28. The highest BCUT2D eigenvalue weighted by Gasteiger charge is 2.47. The molecule has 1 saturated carbocycles. The maximum atomic E-state index is 13.9. The van der Waals surface area contributed by atoms with E-state index in [1.165, 1.54) is 18.2 Å². The van der Waals surface area contributed by atoms with Crippen molar-refractivity contribution in [3.8, 4) is 0 Å². The molecular formula is C19H24F2N2O3. The van der Waals surface area contributed by atoms with E-state index in [0.717, 1.165) is 25.9 Å². The summed E-state index contributed by atoms with van der Waals surface area (Å²) in [6, 6.07) is 3.94. The number of nitrogens with zero attached hydrogens (tertiary/aromatic N) is 1. The number of ether oxygens (including phenoxy) is 1. The Labute approximate surface area is 151 Å². The molecule has 1 aromatic rings. The molecule has 3 aliphatic rings. The zero-order valence-corrected chi connectivity index (χ0v) is 14.5. The van der Waals surface area contributed by atoms with Gasteiger partial charge in [0.2, 0.25) is 5.91 Å². The number of carbonyl (C=O) groups is 1. The summed E-state index contributed by atoms with van der Waals surface area (Å²) < 4.78 is 33.0. The molecule has 1 amide bonds. The van der Waals surface area contributed by atoms with Gasteiger partial charge in [0.05, 0.1) is 25.4 Å². The Hall–Kier alpha value is -1.57. The van der Waals surface area contributed by atoms with Gasteiger partial charge in [-0.15, -0.1) is 0 Å². The van der Waals surface area contributed by atoms with E-state index in [1.54, 1.807) is 0 Å². The standard InChI is InChI=1S/C19H24F2N2O3/c20-14-2-1-3-15(21)18(14)12-8-13(12)19(25)22-11-4-6-23(7-5-11)16-9-26-10-17(16)24/h1-3,11-13,16-17,24H,4-10H2,(H,22,25)/t12-,13-,16-,17-/m1/s1. The number of amides is 1. The maximum absolute atomic E-state index is 13.9. The summed E-state index contributed by atoms with van der Waals surface area (Å²) >= 11 is 0. The number of halogens is 2. The normalized spacial score (nSPS) is 32.6. The third-order valence-electron chi connectivity index (χ3n) is 5.86. The third-order valence-corrected chi connectivity index (χ3v) is 5.86. The van der Waals surface area contributed by atoms with E-state index >= 15 is 0 Å². The molecule has 142 valence electrons. The molecule has 3 fully saturated rings. The summed E-state index contributed by atoms with van der Waals surface area (Å²) in [5.41, 5.74) is 0.0395. The Morgan fingerprint density at radius 3 is 2.50 bits per heavy atom. The predicted octanol–water partition coefficient (Wildman–Crippen LogP) is 1.41. The second kappa shape index (κ2) is 7.21. The van der Waals surface area contributed by atoms with Crippen molar-refractivity contribution in [2.75, 3.05) is 26.3 Å². The number of hydrogen-bond acceptors (Lipinski definition) is 4. The molecule has 1 aromatic carbocycles. The van der Waals surface area contributed by atoms with E-state index in [0.29, 0.717) is 19.6 Å². The number of hydrogen-bond donors (Lipinski definition) is 2. The molecule has 5 nitrogen and oxygen atoms in total. The van der Waals surface area contributed by atoms with Crippen LogP contribution < -0.4 is 5.32 Å². The Morgan fingerprint density at radius 1 is 1.19 bits per heavy atom. The molecule has 2 heterocycles. The fourth-order valence-electron chi connectivity index (χ4n) is 4.23. The lowest BCUT2D eigenvalue weighted by Gasteiger charge is -2.36. The van der Waals surface area contributed by atoms with Crippen molar-refractivity contribution >= 4 is 5.91 Å². The molecule has 4 atom stereocenters. The minimum atomic E-state index is -0.573. The Balaban J connectivity index is 1.28. The molecule has 0 bridgehead atoms. The number of aliphatic hydroxyl groups is 1. The van der Waals surface area contributed by atoms with E-state index < -0.39 is 17.7 Å². The van der Waals surface area contributed by atoms with Crippen LogP contribution in [0.2, 0.25) is 0 Å². The summed E-state index contributed by atoms with van der Waals surface area (Å²) in [5, 5.41) is 13.0. The first-order chi connectivity index (χ1) is 12.5. The molecule has 2 saturated heterocycles. The fourth-order valence-corrected chi connectivity index (χ4v) is 4.23. The first kappa shape index (κ1) is 17.8. The summed E-state index contributed by atoms with van der Waals surface area (Å²) in [4.78, 5) is 14.7. The van der Waals surface area contributed by atoms with E-state index in [1.807, 2.05) is 0 Å². The molecule has 2 aliphatic heterocycles. The van der Waals surface area contributed by atoms with Gasteiger partial charge >= 0.3 is 0 Å². The van der Waals surface area contributed by atoms with Gasteiger partial charge in [-0.1, -0.05) is 6.07 Å². The van der Waals surface area contributed by atoms with Gasteiger partial charge in [-0.2, -0.15) is 0 Å². The van der Waals surface area contributed by atoms with E-state index in [2.05, 4.69) is 10.2 Å². The average molecular weight is 366 g/mol. The summed E-state index contributed by atoms with van der Waals surface area (Å²) in [6.45, 7) is 2.53. The van der Waals surface area contributed by atoms with Crippen molar-refractivity contribution in [3.05, 3.63) is 35.4 Å². The van der Waals surface area contributed by atoms with Crippen LogP contribution in [0.25, 0.3) is 0 Å². The Bertz CT molecular complexity index is 658. The zero-order valence-electron chi connectivity index (χ0n) is 14.5. The lowest BCUT2D eigenvalue weighted by molar-refractivity contribution is -0.123. The van der Waals surface area contributed by atoms with Gasteiger partial charge in [0.1, 0.15) is 11.6 Å². The number of nitrogens with one attached hydrogen (secondary N) is 1. The fraction of sp³-hybridized carbons (Fsp3) is 0.632. The van der Waals surface area contributed by atoms with Gasteiger partial charge in [0, 0.05) is 36.5 Å². The quantitative estimate of drug-likeness (QED) is 0.846. The summed E-state index contributed by atoms with van der Waals surface area (Å²) in [5.74, 6) is -1.96. The van der Waals surface area contributed by atoms with Crippen LogP contribution in [0.1, 0.15) is 30.7 Å². The number of benzene rings is 1. The van der Waals surface area contributed by atoms with Gasteiger partial charge in [0.15, 0.2) is 0 Å². The van der Waals surface area contributed by atoms with E-state index in [4.69, 9.17) is 4.74 Å². The highest BCUT2D eigenvalue weighted by molar-refractivity contribution is 5.83. The molecular weight excluding hydrogens is 342 g/mol. The first-order valence-corrected chi connectivity index (χ1v) is 9.28. The number of carbonyl (C=O) groups excluding carboxylic acids is 1. The summed E-state index contributed by atoms with van der Waals surface area (Å²) in [7, 11) is 0. The van der Waals surface area contributed by atoms with Gasteiger partial charge < -0.3 is 15.2 Å². The van der Waals surface area contributed by atoms with Gasteiger partial charge in [-0.05, 0) is 31.4 Å². The van der Waals surface area contributed by atoms with Crippen LogP contribution in [-0.2, 0) is 9.53 Å². The van der Waals surface area contributed by atoms with Crippen molar-refractivity contribution in [1.29, 1.82) is 0 Å². The van der Waals surface area contributed by atoms with Gasteiger partial charge in [-0.25, -0.2) is 8.78 Å². The molecule has 0 aromatic heterocycles. The van der Waals surface area contributed by atoms with Crippen molar-refractivity contribution in [1.82, 2.24) is 10.2 Å². The molecule has 1 aliphatic carbocycles. The minimum Gasteiger partial charge on any atom is -0.389 e. The Morgan fingerprint density at radius 2 is 1.88 bits per heavy atom. The van der Waals surface area contributed by atoms with Crippen molar-refractivity contribution in [3.63, 3.8) is 0 Å². The number of aliphatic hydroxyl groups excluding tert-OH is 1. The van der Waals surface area contributed by atoms with Crippen LogP contribution in [0.3, 0.4) is 0 Å². The lowest BCUT2D eigenvalue weighted by Crippen LogP contribution is -2.51. The number of likely N-dealkylation sites (tertiary alicyclic amines) is 1. The smallest absolute Gasteiger partial charge is 0.223 e. The highest BCUT2D eigenvalue weighted by atomic mass is 19.1. The van der Waals surface area contributed by atoms with Crippen molar-refractivity contribution in [2.24, 2.45) is 5.92 Å². The minimum absolute atomic E-state index is 0.0395. The second-order valence-electron chi connectivity index (χ2n) is 7.58. The SMILES string of the molecule is O=C(NC1CCN([C@@H]2COC[C@H]2O)CC1)[C@@H]1C[C@H]1c1c(F)cccc1F. The topological polar surface area (TPSA) is 61.8 Å². The predicted molar refractivity (Wildman–Crippen MR) is 90.6 cm³/mol. The van der Waals surface area contributed by atoms with E-state index in [-0.39, 0.29) is 35.4 Å². The maximum Gasteiger partial charge on any atom is 0.223 e. The molecule has 0 spiro atoms. The third kappa shape index (κ3) is 3.48.